The van der Waals surface area contributed by atoms with Gasteiger partial charge in [0.25, 0.3) is 0 Å². The molecule has 7 heteroatoms. The van der Waals surface area contributed by atoms with E-state index in [0.717, 1.165) is 0 Å². The van der Waals surface area contributed by atoms with Crippen molar-refractivity contribution in [3.05, 3.63) is 30.1 Å². The molecule has 0 aliphatic rings. The number of rotatable bonds is 6. The van der Waals surface area contributed by atoms with Gasteiger partial charge >= 0.3 is 0 Å². The van der Waals surface area contributed by atoms with Gasteiger partial charge in [-0.05, 0) is 31.2 Å². The van der Waals surface area contributed by atoms with E-state index in [2.05, 4.69) is 5.32 Å². The minimum atomic E-state index is -1.60. The van der Waals surface area contributed by atoms with E-state index >= 15 is 0 Å². The van der Waals surface area contributed by atoms with Gasteiger partial charge in [0.15, 0.2) is 0 Å². The fourth-order valence-corrected chi connectivity index (χ4v) is 2.35. The molecule has 0 saturated heterocycles. The van der Waals surface area contributed by atoms with Crippen LogP contribution in [0.25, 0.3) is 0 Å². The first kappa shape index (κ1) is 15.7. The van der Waals surface area contributed by atoms with Crippen molar-refractivity contribution in [1.29, 1.82) is 0 Å². The summed E-state index contributed by atoms with van der Waals surface area (Å²) in [6.07, 6.45) is -1.11. The summed E-state index contributed by atoms with van der Waals surface area (Å²) in [6, 6.07) is 5.19. The van der Waals surface area contributed by atoms with Crippen molar-refractivity contribution in [3.8, 4) is 0 Å². The van der Waals surface area contributed by atoms with Gasteiger partial charge in [-0.2, -0.15) is 0 Å². The summed E-state index contributed by atoms with van der Waals surface area (Å²) in [4.78, 5) is 11.8. The number of benzene rings is 1. The number of nitrogens with one attached hydrogen (secondary N) is 1. The molecule has 0 saturated carbocycles. The SMILES string of the molecule is CC(C(=O)Nc1ccc(F)cc1)S(=O)CC(O)CO. The molecule has 0 radical (unpaired) electrons. The van der Waals surface area contributed by atoms with Gasteiger partial charge in [-0.1, -0.05) is 0 Å². The summed E-state index contributed by atoms with van der Waals surface area (Å²) in [7, 11) is -1.60. The lowest BCUT2D eigenvalue weighted by Gasteiger charge is -2.14. The first-order chi connectivity index (χ1) is 8.93. The number of aliphatic hydroxyl groups excluding tert-OH is 2. The van der Waals surface area contributed by atoms with Crippen LogP contribution in [0, 0.1) is 5.82 Å². The lowest BCUT2D eigenvalue weighted by Crippen LogP contribution is -2.34. The van der Waals surface area contributed by atoms with E-state index in [1.165, 1.54) is 31.2 Å². The molecule has 3 atom stereocenters. The Bertz CT molecular complexity index is 452. The third kappa shape index (κ3) is 5.06. The van der Waals surface area contributed by atoms with Gasteiger partial charge in [0.2, 0.25) is 5.91 Å². The van der Waals surface area contributed by atoms with Crippen molar-refractivity contribution in [2.24, 2.45) is 0 Å². The molecule has 3 N–H and O–H groups in total. The first-order valence-electron chi connectivity index (χ1n) is 5.66. The molecule has 0 aliphatic heterocycles. The molecule has 0 heterocycles. The summed E-state index contributed by atoms with van der Waals surface area (Å²) in [6.45, 7) is 0.955. The zero-order valence-corrected chi connectivity index (χ0v) is 11.2. The molecule has 0 aromatic heterocycles. The zero-order valence-electron chi connectivity index (χ0n) is 10.4. The van der Waals surface area contributed by atoms with E-state index in [9.17, 15) is 13.4 Å². The second kappa shape index (κ2) is 7.32. The Hall–Kier alpha value is -1.31. The first-order valence-corrected chi connectivity index (χ1v) is 7.04. The molecule has 0 bridgehead atoms. The Morgan fingerprint density at radius 1 is 1.42 bits per heavy atom. The summed E-state index contributed by atoms with van der Waals surface area (Å²) in [5.41, 5.74) is 0.401. The fourth-order valence-electron chi connectivity index (χ4n) is 1.28. The number of carbonyl (C=O) groups excluding carboxylic acids is 1. The summed E-state index contributed by atoms with van der Waals surface area (Å²) in [5.74, 6) is -1.08. The summed E-state index contributed by atoms with van der Waals surface area (Å²) < 4.78 is 24.4. The van der Waals surface area contributed by atoms with Crippen molar-refractivity contribution in [2.45, 2.75) is 18.3 Å². The second-order valence-electron chi connectivity index (χ2n) is 4.02. The topological polar surface area (TPSA) is 86.6 Å². The van der Waals surface area contributed by atoms with Crippen molar-refractivity contribution in [1.82, 2.24) is 0 Å². The maximum Gasteiger partial charge on any atom is 0.239 e. The smallest absolute Gasteiger partial charge is 0.239 e. The molecule has 0 fully saturated rings. The molecule has 0 aliphatic carbocycles. The molecule has 1 aromatic rings. The van der Waals surface area contributed by atoms with Gasteiger partial charge in [-0.15, -0.1) is 0 Å². The van der Waals surface area contributed by atoms with Crippen LogP contribution in [0.3, 0.4) is 0 Å². The van der Waals surface area contributed by atoms with Gasteiger partial charge < -0.3 is 15.5 Å². The summed E-state index contributed by atoms with van der Waals surface area (Å²) >= 11 is 0. The Morgan fingerprint density at radius 3 is 2.53 bits per heavy atom. The Labute approximate surface area is 112 Å². The lowest BCUT2D eigenvalue weighted by atomic mass is 10.3. The number of anilines is 1. The number of hydrogen-bond donors (Lipinski definition) is 3. The van der Waals surface area contributed by atoms with Crippen molar-refractivity contribution in [3.63, 3.8) is 0 Å². The lowest BCUT2D eigenvalue weighted by molar-refractivity contribution is -0.115. The molecule has 0 spiro atoms. The number of aliphatic hydroxyl groups is 2. The quantitative estimate of drug-likeness (QED) is 0.701. The highest BCUT2D eigenvalue weighted by Gasteiger charge is 2.22. The zero-order chi connectivity index (χ0) is 14.4. The average molecular weight is 289 g/mol. The van der Waals surface area contributed by atoms with E-state index in [4.69, 9.17) is 10.2 Å². The van der Waals surface area contributed by atoms with Crippen molar-refractivity contribution in [2.75, 3.05) is 17.7 Å². The normalized spacial score (nSPS) is 15.6. The van der Waals surface area contributed by atoms with Crippen LogP contribution in [0.5, 0.6) is 0 Å². The molecule has 1 amide bonds. The third-order valence-corrected chi connectivity index (χ3v) is 4.16. The average Bonchev–Trinajstić information content (AvgIpc) is 2.40. The van der Waals surface area contributed by atoms with Crippen LogP contribution >= 0.6 is 0 Å². The van der Waals surface area contributed by atoms with Gasteiger partial charge in [0.1, 0.15) is 11.1 Å². The Kier molecular flexibility index (Phi) is 6.07. The van der Waals surface area contributed by atoms with E-state index in [1.54, 1.807) is 0 Å². The van der Waals surface area contributed by atoms with Crippen molar-refractivity contribution < 1.29 is 23.6 Å². The highest BCUT2D eigenvalue weighted by molar-refractivity contribution is 7.86. The second-order valence-corrected chi connectivity index (χ2v) is 5.82. The van der Waals surface area contributed by atoms with Gasteiger partial charge in [0.05, 0.1) is 18.5 Å². The highest BCUT2D eigenvalue weighted by Crippen LogP contribution is 2.10. The predicted octanol–water partition coefficient (Wildman–Crippen LogP) is 0.255. The van der Waals surface area contributed by atoms with E-state index in [1.807, 2.05) is 0 Å². The minimum absolute atomic E-state index is 0.172. The molecule has 3 unspecified atom stereocenters. The fraction of sp³-hybridized carbons (Fsp3) is 0.417. The number of halogens is 1. The maximum absolute atomic E-state index is 12.7. The van der Waals surface area contributed by atoms with Crippen molar-refractivity contribution >= 4 is 22.4 Å². The van der Waals surface area contributed by atoms with Crippen LogP contribution in [0.15, 0.2) is 24.3 Å². The Balaban J connectivity index is 2.57. The molecule has 5 nitrogen and oxygen atoms in total. The molecular formula is C12H16FNO4S. The molecule has 19 heavy (non-hydrogen) atoms. The molecule has 1 rings (SSSR count). The minimum Gasteiger partial charge on any atom is -0.394 e. The van der Waals surface area contributed by atoms with E-state index < -0.39 is 40.5 Å². The number of amides is 1. The third-order valence-electron chi connectivity index (χ3n) is 2.44. The standard InChI is InChI=1S/C12H16FNO4S/c1-8(19(18)7-11(16)6-15)12(17)14-10-4-2-9(13)3-5-10/h2-5,8,11,15-16H,6-7H2,1H3,(H,14,17). The van der Waals surface area contributed by atoms with Crippen LogP contribution in [0.1, 0.15) is 6.92 Å². The molecule has 1 aromatic carbocycles. The van der Waals surface area contributed by atoms with Crippen LogP contribution in [0.2, 0.25) is 0 Å². The Morgan fingerprint density at radius 2 is 2.00 bits per heavy atom. The largest absolute Gasteiger partial charge is 0.394 e. The molecule has 106 valence electrons. The van der Waals surface area contributed by atoms with Gasteiger partial charge in [-0.25, -0.2) is 4.39 Å². The highest BCUT2D eigenvalue weighted by atomic mass is 32.2. The van der Waals surface area contributed by atoms with Crippen LogP contribution in [-0.2, 0) is 15.6 Å². The van der Waals surface area contributed by atoms with Gasteiger partial charge in [-0.3, -0.25) is 9.00 Å². The van der Waals surface area contributed by atoms with Gasteiger partial charge in [0, 0.05) is 16.5 Å². The number of hydrogen-bond acceptors (Lipinski definition) is 4. The maximum atomic E-state index is 12.7. The monoisotopic (exact) mass is 289 g/mol. The summed E-state index contributed by atoms with van der Waals surface area (Å²) in [5, 5.41) is 19.5. The van der Waals surface area contributed by atoms with E-state index in [0.29, 0.717) is 5.69 Å². The van der Waals surface area contributed by atoms with Crippen LogP contribution in [-0.4, -0.2) is 44.0 Å². The van der Waals surface area contributed by atoms with Crippen LogP contribution in [0.4, 0.5) is 10.1 Å². The molecular weight excluding hydrogens is 273 g/mol. The van der Waals surface area contributed by atoms with Crippen LogP contribution < -0.4 is 5.32 Å². The van der Waals surface area contributed by atoms with E-state index in [-0.39, 0.29) is 5.75 Å². The predicted molar refractivity (Wildman–Crippen MR) is 70.6 cm³/mol. The number of carbonyl (C=O) groups is 1.